The van der Waals surface area contributed by atoms with Crippen LogP contribution >= 0.6 is 0 Å². The molecule has 0 unspecified atom stereocenters. The number of esters is 1. The molecule has 0 radical (unpaired) electrons. The largest absolute Gasteiger partial charge is 0.466 e. The zero-order chi connectivity index (χ0) is 23.9. The molecule has 0 atom stereocenters. The molecule has 170 valence electrons. The maximum absolute atomic E-state index is 13.5. The van der Waals surface area contributed by atoms with Crippen molar-refractivity contribution in [3.8, 4) is 11.3 Å². The topological polar surface area (TPSA) is 89.5 Å². The lowest BCUT2D eigenvalue weighted by Gasteiger charge is -2.20. The van der Waals surface area contributed by atoms with Gasteiger partial charge >= 0.3 is 5.97 Å². The summed E-state index contributed by atoms with van der Waals surface area (Å²) in [7, 11) is -0.898. The summed E-state index contributed by atoms with van der Waals surface area (Å²) in [5.74, 6) is -0.868. The summed E-state index contributed by atoms with van der Waals surface area (Å²) in [6.45, 7) is 3.88. The monoisotopic (exact) mass is 459 g/mol. The molecule has 2 rings (SSSR count). The van der Waals surface area contributed by atoms with Crippen LogP contribution in [0.15, 0.2) is 54.6 Å². The molecule has 0 bridgehead atoms. The molecule has 1 aromatic heterocycles. The maximum atomic E-state index is 13.5. The minimum atomic E-state index is -3.58. The summed E-state index contributed by atoms with van der Waals surface area (Å²) < 4.78 is 43.2. The summed E-state index contributed by atoms with van der Waals surface area (Å²) in [5, 5.41) is 0. The Morgan fingerprint density at radius 3 is 2.28 bits per heavy atom. The molecule has 0 amide bonds. The second-order valence-corrected chi connectivity index (χ2v) is 9.20. The molecule has 0 fully saturated rings. The number of hydrogen-bond acceptors (Lipinski definition) is 6. The van der Waals surface area contributed by atoms with Gasteiger partial charge in [0.05, 0.1) is 24.8 Å². The van der Waals surface area contributed by atoms with Gasteiger partial charge in [0.1, 0.15) is 5.82 Å². The van der Waals surface area contributed by atoms with Crippen molar-refractivity contribution in [1.29, 1.82) is 0 Å². The van der Waals surface area contributed by atoms with E-state index in [0.717, 1.165) is 10.6 Å². The van der Waals surface area contributed by atoms with E-state index >= 15 is 0 Å². The number of rotatable bonds is 8. The number of allylic oxidation sites excluding steroid dienone is 4. The summed E-state index contributed by atoms with van der Waals surface area (Å²) in [4.78, 5) is 20.1. The number of hydrogen-bond donors (Lipinski definition) is 0. The molecule has 0 aliphatic rings. The highest BCUT2D eigenvalue weighted by atomic mass is 32.2. The number of sulfonamides is 1. The number of anilines is 1. The van der Waals surface area contributed by atoms with Crippen LogP contribution in [0, 0.1) is 5.82 Å². The van der Waals surface area contributed by atoms with Gasteiger partial charge in [-0.3, -0.25) is 0 Å². The van der Waals surface area contributed by atoms with E-state index in [1.807, 2.05) is 13.8 Å². The molecule has 0 saturated heterocycles. The van der Waals surface area contributed by atoms with Crippen LogP contribution in [0.4, 0.5) is 10.3 Å². The number of nitrogens with zero attached hydrogens (tertiary/aromatic N) is 3. The number of methoxy groups -OCH3 is 1. The van der Waals surface area contributed by atoms with Crippen molar-refractivity contribution in [2.75, 3.05) is 24.7 Å². The van der Waals surface area contributed by atoms with Crippen molar-refractivity contribution in [2.45, 2.75) is 19.8 Å². The second-order valence-electron chi connectivity index (χ2n) is 7.19. The highest BCUT2D eigenvalue weighted by molar-refractivity contribution is 7.92. The van der Waals surface area contributed by atoms with Crippen molar-refractivity contribution in [2.24, 2.45) is 0 Å². The van der Waals surface area contributed by atoms with E-state index < -0.39 is 21.8 Å². The highest BCUT2D eigenvalue weighted by Crippen LogP contribution is 2.31. The van der Waals surface area contributed by atoms with E-state index in [9.17, 15) is 17.6 Å². The number of halogens is 1. The van der Waals surface area contributed by atoms with Crippen molar-refractivity contribution in [1.82, 2.24) is 9.97 Å². The van der Waals surface area contributed by atoms with E-state index in [0.29, 0.717) is 22.5 Å². The standard InChI is InChI=1S/C23H26FN3O4S/c1-16(2)21-19(10-8-6-7-9-11-20(28)31-4)22(17-12-14-18(24)15-13-17)26-23(25-21)27(3)32(5,29)30/h6-16H,1-5H3/b7-6+,10-8+,11-9+. The number of benzene rings is 1. The predicted molar refractivity (Wildman–Crippen MR) is 124 cm³/mol. The van der Waals surface area contributed by atoms with Crippen LogP contribution in [-0.4, -0.2) is 44.8 Å². The zero-order valence-corrected chi connectivity index (χ0v) is 19.4. The zero-order valence-electron chi connectivity index (χ0n) is 18.6. The summed E-state index contributed by atoms with van der Waals surface area (Å²) in [6, 6.07) is 5.80. The lowest BCUT2D eigenvalue weighted by atomic mass is 9.98. The number of ether oxygens (including phenoxy) is 1. The molecule has 0 saturated carbocycles. The van der Waals surface area contributed by atoms with E-state index in [2.05, 4.69) is 14.7 Å². The third kappa shape index (κ3) is 6.58. The van der Waals surface area contributed by atoms with Crippen molar-refractivity contribution >= 4 is 28.0 Å². The molecular weight excluding hydrogens is 433 g/mol. The van der Waals surface area contributed by atoms with Crippen LogP contribution in [0.5, 0.6) is 0 Å². The van der Waals surface area contributed by atoms with Crippen LogP contribution in [0.25, 0.3) is 17.3 Å². The van der Waals surface area contributed by atoms with Gasteiger partial charge in [0.25, 0.3) is 0 Å². The molecule has 0 aliphatic heterocycles. The number of aromatic nitrogens is 2. The highest BCUT2D eigenvalue weighted by Gasteiger charge is 2.21. The second kappa shape index (κ2) is 10.8. The molecule has 7 nitrogen and oxygen atoms in total. The molecule has 0 aliphatic carbocycles. The summed E-state index contributed by atoms with van der Waals surface area (Å²) in [5.41, 5.74) is 2.41. The minimum absolute atomic E-state index is 0.0317. The van der Waals surface area contributed by atoms with Crippen molar-refractivity contribution in [3.05, 3.63) is 71.7 Å². The molecule has 0 N–H and O–H groups in total. The minimum Gasteiger partial charge on any atom is -0.466 e. The van der Waals surface area contributed by atoms with Gasteiger partial charge in [-0.15, -0.1) is 0 Å². The number of carbonyl (C=O) groups is 1. The first-order chi connectivity index (χ1) is 15.0. The SMILES string of the molecule is COC(=O)/C=C/C=C/C=C/c1c(-c2ccc(F)cc2)nc(N(C)S(C)(=O)=O)nc1C(C)C. The third-order valence-electron chi connectivity index (χ3n) is 4.44. The molecular formula is C23H26FN3O4S. The van der Waals surface area contributed by atoms with Gasteiger partial charge < -0.3 is 4.74 Å². The van der Waals surface area contributed by atoms with Gasteiger partial charge in [-0.05, 0) is 30.2 Å². The predicted octanol–water partition coefficient (Wildman–Crippen LogP) is 4.10. The van der Waals surface area contributed by atoms with Crippen LogP contribution in [-0.2, 0) is 19.6 Å². The Morgan fingerprint density at radius 2 is 1.72 bits per heavy atom. The van der Waals surface area contributed by atoms with Gasteiger partial charge in [-0.2, -0.15) is 0 Å². The van der Waals surface area contributed by atoms with Crippen LogP contribution in [0.2, 0.25) is 0 Å². The van der Waals surface area contributed by atoms with Gasteiger partial charge in [0, 0.05) is 24.3 Å². The fraction of sp³-hybridized carbons (Fsp3) is 0.261. The van der Waals surface area contributed by atoms with Crippen LogP contribution in [0.3, 0.4) is 0 Å². The Kier molecular flexibility index (Phi) is 8.42. The maximum Gasteiger partial charge on any atom is 0.330 e. The van der Waals surface area contributed by atoms with Gasteiger partial charge in [-0.25, -0.2) is 31.9 Å². The van der Waals surface area contributed by atoms with E-state index in [1.165, 1.54) is 32.4 Å². The summed E-state index contributed by atoms with van der Waals surface area (Å²) >= 11 is 0. The van der Waals surface area contributed by atoms with E-state index in [1.54, 1.807) is 42.5 Å². The van der Waals surface area contributed by atoms with Crippen molar-refractivity contribution < 1.29 is 22.3 Å². The molecule has 1 heterocycles. The Bertz CT molecular complexity index is 1150. The molecule has 1 aromatic carbocycles. The van der Waals surface area contributed by atoms with Gasteiger partial charge in [0.2, 0.25) is 16.0 Å². The van der Waals surface area contributed by atoms with Gasteiger partial charge in [-0.1, -0.05) is 44.2 Å². The summed E-state index contributed by atoms with van der Waals surface area (Å²) in [6.07, 6.45) is 10.8. The van der Waals surface area contributed by atoms with Crippen LogP contribution in [0.1, 0.15) is 31.0 Å². The first-order valence-corrected chi connectivity index (χ1v) is 11.6. The number of carbonyl (C=O) groups excluding carboxylic acids is 1. The average molecular weight is 460 g/mol. The molecule has 9 heteroatoms. The third-order valence-corrected chi connectivity index (χ3v) is 5.59. The van der Waals surface area contributed by atoms with Crippen LogP contribution < -0.4 is 4.31 Å². The normalized spacial score (nSPS) is 12.3. The van der Waals surface area contributed by atoms with E-state index in [-0.39, 0.29) is 11.9 Å². The molecule has 2 aromatic rings. The Hall–Kier alpha value is -3.33. The van der Waals surface area contributed by atoms with Crippen molar-refractivity contribution in [3.63, 3.8) is 0 Å². The Labute approximate surface area is 188 Å². The van der Waals surface area contributed by atoms with E-state index in [4.69, 9.17) is 0 Å². The lowest BCUT2D eigenvalue weighted by Crippen LogP contribution is -2.27. The lowest BCUT2D eigenvalue weighted by molar-refractivity contribution is -0.134. The fourth-order valence-corrected chi connectivity index (χ4v) is 3.06. The van der Waals surface area contributed by atoms with Gasteiger partial charge in [0.15, 0.2) is 0 Å². The molecule has 32 heavy (non-hydrogen) atoms. The smallest absolute Gasteiger partial charge is 0.330 e. The molecule has 0 spiro atoms. The fourth-order valence-electron chi connectivity index (χ4n) is 2.68. The Morgan fingerprint density at radius 1 is 1.09 bits per heavy atom. The quantitative estimate of drug-likeness (QED) is 0.335. The average Bonchev–Trinajstić information content (AvgIpc) is 2.74. The first kappa shape index (κ1) is 24.9. The Balaban J connectivity index is 2.62. The first-order valence-electron chi connectivity index (χ1n) is 9.75.